The molecular formula is C8H11N2O+. The summed E-state index contributed by atoms with van der Waals surface area (Å²) >= 11 is 0. The highest BCUT2D eigenvalue weighted by molar-refractivity contribution is 5.38. The lowest BCUT2D eigenvalue weighted by Crippen LogP contribution is -2.69. The van der Waals surface area contributed by atoms with E-state index in [0.717, 1.165) is 10.4 Å². The fourth-order valence-electron chi connectivity index (χ4n) is 0.820. The number of hydrogen-bond donors (Lipinski definition) is 1. The summed E-state index contributed by atoms with van der Waals surface area (Å²) in [7, 11) is 5.09. The molecule has 1 aromatic carbocycles. The molecule has 0 fully saturated rings. The molecule has 1 rings (SSSR count). The van der Waals surface area contributed by atoms with Crippen LogP contribution in [0.15, 0.2) is 24.3 Å². The maximum Gasteiger partial charge on any atom is 0.256 e. The van der Waals surface area contributed by atoms with E-state index in [4.69, 9.17) is 0 Å². The molecule has 0 saturated heterocycles. The predicted octanol–water partition coefficient (Wildman–Crippen LogP) is 0.713. The molecule has 0 atom stereocenters. The van der Waals surface area contributed by atoms with Crippen LogP contribution in [0.4, 0.5) is 11.4 Å². The minimum absolute atomic E-state index is 0.663. The number of hydrogen-bond acceptors (Lipinski definition) is 1. The van der Waals surface area contributed by atoms with Crippen molar-refractivity contribution in [3.05, 3.63) is 36.2 Å². The molecule has 3 nitrogen and oxygen atoms in total. The third-order valence-electron chi connectivity index (χ3n) is 1.49. The van der Waals surface area contributed by atoms with Crippen LogP contribution in [0.25, 0.3) is 0 Å². The van der Waals surface area contributed by atoms with Gasteiger partial charge in [-0.25, -0.2) is 0 Å². The minimum atomic E-state index is 0.663. The molecule has 0 aromatic heterocycles. The number of quaternary nitrogens is 1. The van der Waals surface area contributed by atoms with Crippen LogP contribution >= 0.6 is 0 Å². The second-order valence-electron chi connectivity index (χ2n) is 2.29. The van der Waals surface area contributed by atoms with Gasteiger partial charge in [-0.3, -0.25) is 0 Å². The van der Waals surface area contributed by atoms with Crippen LogP contribution in [-0.2, 0) is 0 Å². The highest BCUT2D eigenvalue weighted by atomic mass is 16.3. The number of rotatable bonds is 2. The topological polar surface area (TPSA) is 36.7 Å². The van der Waals surface area contributed by atoms with E-state index in [1.165, 1.54) is 7.05 Å². The average molecular weight is 151 g/mol. The van der Waals surface area contributed by atoms with Gasteiger partial charge in [-0.1, -0.05) is 0 Å². The van der Waals surface area contributed by atoms with Crippen LogP contribution in [0.2, 0.25) is 0 Å². The van der Waals surface area contributed by atoms with Gasteiger partial charge >= 0.3 is 0 Å². The smallest absolute Gasteiger partial charge is 0.256 e. The van der Waals surface area contributed by atoms with E-state index in [-0.39, 0.29) is 0 Å². The Hall–Kier alpha value is -1.22. The first kappa shape index (κ1) is 7.88. The number of nitroso groups, excluding NO2 is 1. The predicted molar refractivity (Wildman–Crippen MR) is 42.6 cm³/mol. The van der Waals surface area contributed by atoms with Crippen molar-refractivity contribution < 1.29 is 10.1 Å². The maximum absolute atomic E-state index is 10.7. The van der Waals surface area contributed by atoms with Crippen LogP contribution in [0.5, 0.6) is 0 Å². The fraction of sp³-hybridized carbons (Fsp3) is 0.125. The van der Waals surface area contributed by atoms with Gasteiger partial charge in [-0.05, 0) is 0 Å². The summed E-state index contributed by atoms with van der Waals surface area (Å²) in [6, 6.07) is 7.25. The minimum Gasteiger partial charge on any atom is -0.446 e. The van der Waals surface area contributed by atoms with E-state index >= 15 is 0 Å². The molecule has 0 unspecified atom stereocenters. The van der Waals surface area contributed by atoms with Gasteiger partial charge in [0, 0.05) is 33.9 Å². The van der Waals surface area contributed by atoms with Gasteiger partial charge in [-0.15, -0.1) is 7.05 Å². The first-order valence-corrected chi connectivity index (χ1v) is 3.37. The summed E-state index contributed by atoms with van der Waals surface area (Å²) in [5.41, 5.74) is 1.69. The Bertz CT molecular complexity index is 253. The highest BCUT2D eigenvalue weighted by Gasteiger charge is 2.04. The average Bonchev–Trinajstić information content (AvgIpc) is 2.05. The molecule has 11 heavy (non-hydrogen) atoms. The van der Waals surface area contributed by atoms with E-state index in [1.54, 1.807) is 17.4 Å². The first-order valence-electron chi connectivity index (χ1n) is 3.37. The van der Waals surface area contributed by atoms with E-state index in [1.807, 2.05) is 12.1 Å². The molecule has 0 bridgehead atoms. The lowest BCUT2D eigenvalue weighted by molar-refractivity contribution is -0.504. The zero-order valence-corrected chi connectivity index (χ0v) is 6.45. The van der Waals surface area contributed by atoms with Crippen molar-refractivity contribution in [1.82, 2.24) is 0 Å². The Morgan fingerprint density at radius 3 is 2.27 bits per heavy atom. The zero-order chi connectivity index (χ0) is 8.27. The van der Waals surface area contributed by atoms with Gasteiger partial charge in [0.2, 0.25) is 0 Å². The standard InChI is InChI=1S/C8H11N2O/c1-9-7-3-5-8(6-4-7)10(2)11/h3-6H,1,9H2,2H3/q+1. The Morgan fingerprint density at radius 1 is 1.36 bits per heavy atom. The fourth-order valence-corrected chi connectivity index (χ4v) is 0.820. The van der Waals surface area contributed by atoms with Crippen LogP contribution in [0.3, 0.4) is 0 Å². The normalized spacial score (nSPS) is 9.64. The van der Waals surface area contributed by atoms with E-state index < -0.39 is 0 Å². The van der Waals surface area contributed by atoms with E-state index in [9.17, 15) is 4.91 Å². The summed E-state index contributed by atoms with van der Waals surface area (Å²) in [6.45, 7) is 0. The SMILES string of the molecule is [CH2-][NH2+]c1ccc([N+](C)=O)cc1. The Labute approximate surface area is 65.6 Å². The summed E-state index contributed by atoms with van der Waals surface area (Å²) in [5.74, 6) is 0. The molecule has 1 aromatic rings. The Kier molecular flexibility index (Phi) is 2.33. The van der Waals surface area contributed by atoms with E-state index in [2.05, 4.69) is 7.05 Å². The lowest BCUT2D eigenvalue weighted by atomic mass is 10.3. The molecule has 0 aliphatic rings. The van der Waals surface area contributed by atoms with Crippen molar-refractivity contribution in [2.45, 2.75) is 0 Å². The number of nitrogens with two attached hydrogens (primary N) is 1. The van der Waals surface area contributed by atoms with Crippen molar-refractivity contribution in [2.75, 3.05) is 7.05 Å². The number of nitrogens with zero attached hydrogens (tertiary/aromatic N) is 1. The first-order chi connectivity index (χ1) is 5.24. The van der Waals surface area contributed by atoms with Gasteiger partial charge in [0.25, 0.3) is 5.69 Å². The monoisotopic (exact) mass is 151 g/mol. The van der Waals surface area contributed by atoms with Crippen LogP contribution in [0.1, 0.15) is 0 Å². The molecule has 0 saturated carbocycles. The molecule has 0 heterocycles. The van der Waals surface area contributed by atoms with Gasteiger partial charge in [-0.2, -0.15) is 0 Å². The molecule has 2 N–H and O–H groups in total. The lowest BCUT2D eigenvalue weighted by Gasteiger charge is -1.95. The van der Waals surface area contributed by atoms with Gasteiger partial charge in [0.05, 0.1) is 0 Å². The molecule has 0 aliphatic carbocycles. The summed E-state index contributed by atoms with van der Waals surface area (Å²) in [4.78, 5) is 10.7. The third kappa shape index (κ3) is 1.85. The zero-order valence-electron chi connectivity index (χ0n) is 6.45. The molecule has 0 spiro atoms. The summed E-state index contributed by atoms with van der Waals surface area (Å²) < 4.78 is 0.826. The maximum atomic E-state index is 10.7. The third-order valence-corrected chi connectivity index (χ3v) is 1.49. The molecular weight excluding hydrogens is 140 g/mol. The van der Waals surface area contributed by atoms with Crippen molar-refractivity contribution in [2.24, 2.45) is 0 Å². The van der Waals surface area contributed by atoms with E-state index in [0.29, 0.717) is 5.69 Å². The summed E-state index contributed by atoms with van der Waals surface area (Å²) in [6.07, 6.45) is 0. The van der Waals surface area contributed by atoms with Crippen molar-refractivity contribution in [3.63, 3.8) is 0 Å². The number of benzene rings is 1. The van der Waals surface area contributed by atoms with Gasteiger partial charge in [0.1, 0.15) is 5.69 Å². The molecule has 3 heteroatoms. The quantitative estimate of drug-likeness (QED) is 0.377. The van der Waals surface area contributed by atoms with Crippen LogP contribution in [0, 0.1) is 12.0 Å². The second-order valence-corrected chi connectivity index (χ2v) is 2.29. The van der Waals surface area contributed by atoms with Crippen molar-refractivity contribution in [3.8, 4) is 0 Å². The largest absolute Gasteiger partial charge is 0.446 e. The molecule has 0 amide bonds. The van der Waals surface area contributed by atoms with Crippen LogP contribution < -0.4 is 5.32 Å². The van der Waals surface area contributed by atoms with Gasteiger partial charge in [0.15, 0.2) is 7.05 Å². The van der Waals surface area contributed by atoms with Crippen molar-refractivity contribution in [1.29, 1.82) is 0 Å². The van der Waals surface area contributed by atoms with Gasteiger partial charge < -0.3 is 5.32 Å². The second kappa shape index (κ2) is 3.25. The highest BCUT2D eigenvalue weighted by Crippen LogP contribution is 2.10. The summed E-state index contributed by atoms with van der Waals surface area (Å²) in [5, 5.41) is 1.74. The molecule has 0 aliphatic heterocycles. The van der Waals surface area contributed by atoms with Crippen LogP contribution in [-0.4, -0.2) is 11.8 Å². The molecule has 0 radical (unpaired) electrons. The van der Waals surface area contributed by atoms with Crippen molar-refractivity contribution >= 4 is 11.4 Å². The molecule has 58 valence electrons. The Balaban J connectivity index is 2.91. The Morgan fingerprint density at radius 2 is 1.91 bits per heavy atom.